The molecule has 0 aromatic heterocycles. The van der Waals surface area contributed by atoms with Crippen LogP contribution in [0, 0.1) is 5.82 Å². The van der Waals surface area contributed by atoms with E-state index in [0.717, 1.165) is 23.4 Å². The van der Waals surface area contributed by atoms with E-state index in [1.807, 2.05) is 25.1 Å². The van der Waals surface area contributed by atoms with Gasteiger partial charge in [0, 0.05) is 22.7 Å². The molecular weight excluding hydrogens is 277 g/mol. The van der Waals surface area contributed by atoms with E-state index in [4.69, 9.17) is 16.3 Å². The molecule has 0 amide bonds. The van der Waals surface area contributed by atoms with Crippen LogP contribution in [-0.4, -0.2) is 13.7 Å². The molecule has 0 saturated carbocycles. The Balaban J connectivity index is 2.44. The third-order valence-electron chi connectivity index (χ3n) is 3.08. The average molecular weight is 294 g/mol. The molecular formula is C16H17ClFNO. The van der Waals surface area contributed by atoms with Crippen LogP contribution in [0.25, 0.3) is 11.1 Å². The fourth-order valence-electron chi connectivity index (χ4n) is 2.04. The largest absolute Gasteiger partial charge is 0.496 e. The van der Waals surface area contributed by atoms with Crippen molar-refractivity contribution in [3.63, 3.8) is 0 Å². The molecule has 2 nitrogen and oxygen atoms in total. The molecule has 0 atom stereocenters. The van der Waals surface area contributed by atoms with Crippen molar-refractivity contribution < 1.29 is 9.13 Å². The van der Waals surface area contributed by atoms with Crippen LogP contribution in [0.2, 0.25) is 5.02 Å². The van der Waals surface area contributed by atoms with Gasteiger partial charge in [-0.3, -0.25) is 0 Å². The molecule has 0 bridgehead atoms. The molecule has 1 N–H and O–H groups in total. The maximum atomic E-state index is 13.8. The van der Waals surface area contributed by atoms with Crippen molar-refractivity contribution in [2.45, 2.75) is 13.5 Å². The summed E-state index contributed by atoms with van der Waals surface area (Å²) in [6.45, 7) is 3.28. The first-order valence-electron chi connectivity index (χ1n) is 6.48. The summed E-state index contributed by atoms with van der Waals surface area (Å²) in [5.41, 5.74) is 2.38. The van der Waals surface area contributed by atoms with Crippen molar-refractivity contribution in [1.82, 2.24) is 5.32 Å². The Morgan fingerprint density at radius 3 is 2.70 bits per heavy atom. The van der Waals surface area contributed by atoms with Crippen LogP contribution >= 0.6 is 11.6 Å². The van der Waals surface area contributed by atoms with Gasteiger partial charge >= 0.3 is 0 Å². The minimum Gasteiger partial charge on any atom is -0.496 e. The zero-order valence-corrected chi connectivity index (χ0v) is 12.3. The van der Waals surface area contributed by atoms with E-state index >= 15 is 0 Å². The maximum Gasteiger partial charge on any atom is 0.127 e. The molecule has 20 heavy (non-hydrogen) atoms. The molecule has 2 rings (SSSR count). The van der Waals surface area contributed by atoms with E-state index < -0.39 is 0 Å². The van der Waals surface area contributed by atoms with Gasteiger partial charge in [0.1, 0.15) is 11.6 Å². The highest BCUT2D eigenvalue weighted by molar-refractivity contribution is 6.31. The SMILES string of the molecule is CCNCc1cc(-c2cc(Cl)ccc2OC)ccc1F. The summed E-state index contributed by atoms with van der Waals surface area (Å²) in [7, 11) is 1.61. The van der Waals surface area contributed by atoms with E-state index in [9.17, 15) is 4.39 Å². The quantitative estimate of drug-likeness (QED) is 0.889. The van der Waals surface area contributed by atoms with Gasteiger partial charge in [0.15, 0.2) is 0 Å². The minimum atomic E-state index is -0.212. The van der Waals surface area contributed by atoms with Crippen molar-refractivity contribution >= 4 is 11.6 Å². The molecule has 4 heteroatoms. The molecule has 0 fully saturated rings. The average Bonchev–Trinajstić information content (AvgIpc) is 2.46. The number of hydrogen-bond acceptors (Lipinski definition) is 2. The Hall–Kier alpha value is -1.58. The summed E-state index contributed by atoms with van der Waals surface area (Å²) in [5, 5.41) is 3.75. The Morgan fingerprint density at radius 1 is 1.20 bits per heavy atom. The van der Waals surface area contributed by atoms with Crippen LogP contribution in [0.4, 0.5) is 4.39 Å². The number of halogens is 2. The highest BCUT2D eigenvalue weighted by Crippen LogP contribution is 2.33. The summed E-state index contributed by atoms with van der Waals surface area (Å²) in [4.78, 5) is 0. The second-order valence-electron chi connectivity index (χ2n) is 4.43. The second-order valence-corrected chi connectivity index (χ2v) is 4.87. The highest BCUT2D eigenvalue weighted by Gasteiger charge is 2.10. The summed E-state index contributed by atoms with van der Waals surface area (Å²) in [6.07, 6.45) is 0. The summed E-state index contributed by atoms with van der Waals surface area (Å²) >= 11 is 6.04. The van der Waals surface area contributed by atoms with Gasteiger partial charge in [-0.1, -0.05) is 24.6 Å². The Kier molecular flexibility index (Phi) is 4.99. The van der Waals surface area contributed by atoms with Gasteiger partial charge in [0.05, 0.1) is 7.11 Å². The molecule has 0 aliphatic rings. The summed E-state index contributed by atoms with van der Waals surface area (Å²) in [6, 6.07) is 10.4. The van der Waals surface area contributed by atoms with Crippen LogP contribution in [-0.2, 0) is 6.54 Å². The van der Waals surface area contributed by atoms with Gasteiger partial charge in [-0.2, -0.15) is 0 Å². The Bertz CT molecular complexity index is 601. The Labute approximate surface area is 123 Å². The zero-order valence-electron chi connectivity index (χ0n) is 11.5. The van der Waals surface area contributed by atoms with E-state index in [-0.39, 0.29) is 5.82 Å². The third kappa shape index (κ3) is 3.30. The number of hydrogen-bond donors (Lipinski definition) is 1. The lowest BCUT2D eigenvalue weighted by atomic mass is 10.0. The van der Waals surface area contributed by atoms with Crippen LogP contribution in [0.15, 0.2) is 36.4 Å². The summed E-state index contributed by atoms with van der Waals surface area (Å²) < 4.78 is 19.1. The molecule has 0 spiro atoms. The predicted octanol–water partition coefficient (Wildman–Crippen LogP) is 4.26. The molecule has 0 saturated heterocycles. The first kappa shape index (κ1) is 14.8. The van der Waals surface area contributed by atoms with Gasteiger partial charge < -0.3 is 10.1 Å². The standard InChI is InChI=1S/C16H17ClFNO/c1-3-19-10-12-8-11(4-6-15(12)18)14-9-13(17)5-7-16(14)20-2/h4-9,19H,3,10H2,1-2H3. The van der Waals surface area contributed by atoms with Gasteiger partial charge in [-0.25, -0.2) is 4.39 Å². The van der Waals surface area contributed by atoms with E-state index in [1.165, 1.54) is 6.07 Å². The molecule has 2 aromatic rings. The van der Waals surface area contributed by atoms with Crippen molar-refractivity contribution in [2.24, 2.45) is 0 Å². The molecule has 0 heterocycles. The van der Waals surface area contributed by atoms with E-state index in [2.05, 4.69) is 5.32 Å². The van der Waals surface area contributed by atoms with Crippen molar-refractivity contribution in [3.8, 4) is 16.9 Å². The third-order valence-corrected chi connectivity index (χ3v) is 3.32. The topological polar surface area (TPSA) is 21.3 Å². The second kappa shape index (κ2) is 6.73. The molecule has 0 radical (unpaired) electrons. The first-order chi connectivity index (χ1) is 9.65. The van der Waals surface area contributed by atoms with Crippen LogP contribution in [0.3, 0.4) is 0 Å². The van der Waals surface area contributed by atoms with E-state index in [1.54, 1.807) is 19.2 Å². The molecule has 0 aliphatic carbocycles. The van der Waals surface area contributed by atoms with Gasteiger partial charge in [-0.05, 0) is 42.4 Å². The fraction of sp³-hybridized carbons (Fsp3) is 0.250. The molecule has 0 unspecified atom stereocenters. The fourth-order valence-corrected chi connectivity index (χ4v) is 2.22. The molecule has 0 aliphatic heterocycles. The van der Waals surface area contributed by atoms with Gasteiger partial charge in [-0.15, -0.1) is 0 Å². The zero-order chi connectivity index (χ0) is 14.5. The predicted molar refractivity (Wildman–Crippen MR) is 80.8 cm³/mol. The van der Waals surface area contributed by atoms with Crippen LogP contribution in [0.5, 0.6) is 5.75 Å². The number of methoxy groups -OCH3 is 1. The van der Waals surface area contributed by atoms with Crippen LogP contribution in [0.1, 0.15) is 12.5 Å². The molecule has 2 aromatic carbocycles. The minimum absolute atomic E-state index is 0.212. The number of rotatable bonds is 5. The van der Waals surface area contributed by atoms with E-state index in [0.29, 0.717) is 17.1 Å². The normalized spacial score (nSPS) is 10.6. The van der Waals surface area contributed by atoms with Crippen molar-refractivity contribution in [1.29, 1.82) is 0 Å². The Morgan fingerprint density at radius 2 is 2.00 bits per heavy atom. The van der Waals surface area contributed by atoms with Crippen LogP contribution < -0.4 is 10.1 Å². The van der Waals surface area contributed by atoms with Gasteiger partial charge in [0.2, 0.25) is 0 Å². The highest BCUT2D eigenvalue weighted by atomic mass is 35.5. The monoisotopic (exact) mass is 293 g/mol. The number of benzene rings is 2. The lowest BCUT2D eigenvalue weighted by molar-refractivity contribution is 0.416. The smallest absolute Gasteiger partial charge is 0.127 e. The van der Waals surface area contributed by atoms with Crippen molar-refractivity contribution in [3.05, 3.63) is 52.8 Å². The van der Waals surface area contributed by atoms with Gasteiger partial charge in [0.25, 0.3) is 0 Å². The number of nitrogens with one attached hydrogen (secondary N) is 1. The molecule has 106 valence electrons. The lowest BCUT2D eigenvalue weighted by Crippen LogP contribution is -2.13. The van der Waals surface area contributed by atoms with Crippen molar-refractivity contribution in [2.75, 3.05) is 13.7 Å². The number of ether oxygens (including phenoxy) is 1. The first-order valence-corrected chi connectivity index (χ1v) is 6.86. The maximum absolute atomic E-state index is 13.8. The lowest BCUT2D eigenvalue weighted by Gasteiger charge is -2.11. The summed E-state index contributed by atoms with van der Waals surface area (Å²) in [5.74, 6) is 0.506.